The predicted molar refractivity (Wildman–Crippen MR) is 75.4 cm³/mol. The van der Waals surface area contributed by atoms with Crippen LogP contribution in [-0.4, -0.2) is 25.6 Å². The van der Waals surface area contributed by atoms with Crippen LogP contribution in [-0.2, 0) is 6.18 Å². The highest BCUT2D eigenvalue weighted by atomic mass is 32.2. The number of nitrogens with one attached hydrogen (secondary N) is 1. The molecule has 0 fully saturated rings. The zero-order valence-electron chi connectivity index (χ0n) is 11.5. The molecule has 0 spiro atoms. The second-order valence-corrected chi connectivity index (χ2v) is 5.52. The van der Waals surface area contributed by atoms with Gasteiger partial charge in [0.05, 0.1) is 21.4 Å². The largest absolute Gasteiger partial charge is 0.449 e. The average Bonchev–Trinajstić information content (AvgIpc) is 2.88. The fourth-order valence-electron chi connectivity index (χ4n) is 1.87. The van der Waals surface area contributed by atoms with E-state index in [2.05, 4.69) is 4.98 Å². The smallest absolute Gasteiger partial charge is 0.333 e. The molecule has 0 amide bonds. The molecule has 1 N–H and O–H groups in total. The van der Waals surface area contributed by atoms with Gasteiger partial charge >= 0.3 is 11.9 Å². The number of H-pyrrole nitrogens is 1. The number of thioether (sulfide) groups is 1. The molecule has 0 saturated heterocycles. The molecule has 0 saturated carbocycles. The van der Waals surface area contributed by atoms with Crippen molar-refractivity contribution >= 4 is 34.2 Å². The third-order valence-corrected chi connectivity index (χ3v) is 4.11. The first-order valence-corrected chi connectivity index (χ1v) is 7.20. The highest BCUT2D eigenvalue weighted by Crippen LogP contribution is 2.42. The van der Waals surface area contributed by atoms with Crippen LogP contribution in [0.1, 0.15) is 19.2 Å². The van der Waals surface area contributed by atoms with Gasteiger partial charge in [-0.2, -0.15) is 13.2 Å². The number of hydrogen-bond donors (Lipinski definition) is 1. The van der Waals surface area contributed by atoms with E-state index in [1.807, 2.05) is 4.98 Å². The summed E-state index contributed by atoms with van der Waals surface area (Å²) in [6.07, 6.45) is -4.24. The Morgan fingerprint density at radius 2 is 1.87 bits per heavy atom. The molecule has 23 heavy (non-hydrogen) atoms. The average molecular weight is 350 g/mol. The number of alkyl halides is 3. The van der Waals surface area contributed by atoms with Gasteiger partial charge in [-0.05, 0) is 12.2 Å². The van der Waals surface area contributed by atoms with Crippen molar-refractivity contribution in [3.05, 3.63) is 32.1 Å². The van der Waals surface area contributed by atoms with Gasteiger partial charge in [-0.15, -0.1) is 11.8 Å². The number of rotatable bonds is 5. The van der Waals surface area contributed by atoms with Gasteiger partial charge in [-0.25, -0.2) is 4.98 Å². The first kappa shape index (κ1) is 17.0. The highest BCUT2D eigenvalue weighted by molar-refractivity contribution is 7.99. The maximum absolute atomic E-state index is 12.8. The number of nitro groups is 2. The molecule has 12 heteroatoms. The Balaban J connectivity index is 2.85. The number of non-ortho nitro benzene ring substituents is 1. The van der Waals surface area contributed by atoms with Gasteiger partial charge < -0.3 is 4.98 Å². The molecule has 2 rings (SSSR count). The Labute approximate surface area is 130 Å². The number of aromatic nitrogens is 2. The van der Waals surface area contributed by atoms with Gasteiger partial charge in [-0.1, -0.05) is 6.92 Å². The van der Waals surface area contributed by atoms with Crippen molar-refractivity contribution in [3.63, 3.8) is 0 Å². The SMILES string of the molecule is CCCSc1c([N+](=O)[O-])cc([N+](=O)[O-])c2nc(C(F)(F)F)[nH]c12. The summed E-state index contributed by atoms with van der Waals surface area (Å²) in [6.45, 7) is 1.79. The molecule has 1 aromatic carbocycles. The molecule has 1 heterocycles. The normalized spacial score (nSPS) is 11.8. The fraction of sp³-hybridized carbons (Fsp3) is 0.364. The Morgan fingerprint density at radius 1 is 1.26 bits per heavy atom. The van der Waals surface area contributed by atoms with Crippen LogP contribution in [0.4, 0.5) is 24.5 Å². The second-order valence-electron chi connectivity index (χ2n) is 4.41. The summed E-state index contributed by atoms with van der Waals surface area (Å²) in [5, 5.41) is 22.1. The van der Waals surface area contributed by atoms with Crippen LogP contribution < -0.4 is 0 Å². The quantitative estimate of drug-likeness (QED) is 0.497. The lowest BCUT2D eigenvalue weighted by atomic mass is 10.2. The van der Waals surface area contributed by atoms with Crippen molar-refractivity contribution in [2.45, 2.75) is 24.4 Å². The standard InChI is InChI=1S/C11H9F3N4O4S/c1-2-3-23-9-6(18(21)22)4-5(17(19)20)7-8(9)16-10(15-7)11(12,13)14/h4H,2-3H2,1H3,(H,15,16). The lowest BCUT2D eigenvalue weighted by molar-refractivity contribution is -0.394. The Kier molecular flexibility index (Phi) is 4.45. The number of halogens is 3. The third-order valence-electron chi connectivity index (χ3n) is 2.79. The van der Waals surface area contributed by atoms with E-state index in [0.717, 1.165) is 11.8 Å². The molecule has 0 unspecified atom stereocenters. The van der Waals surface area contributed by atoms with E-state index in [-0.39, 0.29) is 10.4 Å². The summed E-state index contributed by atoms with van der Waals surface area (Å²) >= 11 is 0.946. The summed E-state index contributed by atoms with van der Waals surface area (Å²) in [5.41, 5.74) is -2.37. The zero-order valence-corrected chi connectivity index (χ0v) is 12.3. The third kappa shape index (κ3) is 3.21. The van der Waals surface area contributed by atoms with Gasteiger partial charge in [0.2, 0.25) is 5.82 Å². The van der Waals surface area contributed by atoms with Crippen molar-refractivity contribution in [3.8, 4) is 0 Å². The lowest BCUT2D eigenvalue weighted by Crippen LogP contribution is -2.07. The van der Waals surface area contributed by atoms with E-state index in [0.29, 0.717) is 18.2 Å². The van der Waals surface area contributed by atoms with Crippen molar-refractivity contribution in [2.75, 3.05) is 5.75 Å². The summed E-state index contributed by atoms with van der Waals surface area (Å²) < 4.78 is 38.4. The van der Waals surface area contributed by atoms with E-state index < -0.39 is 38.7 Å². The molecular weight excluding hydrogens is 341 g/mol. The molecule has 1 aromatic heterocycles. The zero-order chi connectivity index (χ0) is 17.4. The first-order chi connectivity index (χ1) is 10.7. The molecule has 8 nitrogen and oxygen atoms in total. The van der Waals surface area contributed by atoms with E-state index in [1.165, 1.54) is 0 Å². The fourth-order valence-corrected chi connectivity index (χ4v) is 2.86. The summed E-state index contributed by atoms with van der Waals surface area (Å²) in [5.74, 6) is -1.04. The molecular formula is C11H9F3N4O4S. The number of nitro benzene ring substituents is 2. The monoisotopic (exact) mass is 350 g/mol. The molecule has 0 radical (unpaired) electrons. The minimum absolute atomic E-state index is 0.0968. The predicted octanol–water partition coefficient (Wildman–Crippen LogP) is 3.90. The molecule has 2 aromatic rings. The number of imidazole rings is 1. The Bertz CT molecular complexity index is 790. The number of fused-ring (bicyclic) bond motifs is 1. The minimum Gasteiger partial charge on any atom is -0.333 e. The van der Waals surface area contributed by atoms with E-state index in [9.17, 15) is 33.4 Å². The topological polar surface area (TPSA) is 115 Å². The van der Waals surface area contributed by atoms with Crippen LogP contribution in [0.25, 0.3) is 11.0 Å². The lowest BCUT2D eigenvalue weighted by Gasteiger charge is -2.04. The van der Waals surface area contributed by atoms with Crippen molar-refractivity contribution in [1.29, 1.82) is 0 Å². The maximum Gasteiger partial charge on any atom is 0.449 e. The van der Waals surface area contributed by atoms with Gasteiger partial charge in [0.1, 0.15) is 4.90 Å². The summed E-state index contributed by atoms with van der Waals surface area (Å²) in [6, 6.07) is 0.640. The van der Waals surface area contributed by atoms with Gasteiger partial charge in [0.15, 0.2) is 5.52 Å². The molecule has 0 aliphatic rings. The van der Waals surface area contributed by atoms with Crippen LogP contribution in [0.3, 0.4) is 0 Å². The van der Waals surface area contributed by atoms with Crippen LogP contribution in [0, 0.1) is 20.2 Å². The van der Waals surface area contributed by atoms with Gasteiger partial charge in [0, 0.05) is 0 Å². The Hall–Kier alpha value is -2.37. The van der Waals surface area contributed by atoms with E-state index in [4.69, 9.17) is 0 Å². The number of aromatic amines is 1. The van der Waals surface area contributed by atoms with Crippen molar-refractivity contribution < 1.29 is 23.0 Å². The number of hydrogen-bond acceptors (Lipinski definition) is 6. The molecule has 124 valence electrons. The highest BCUT2D eigenvalue weighted by Gasteiger charge is 2.38. The van der Waals surface area contributed by atoms with E-state index in [1.54, 1.807) is 6.92 Å². The molecule has 0 bridgehead atoms. The Morgan fingerprint density at radius 3 is 2.35 bits per heavy atom. The number of benzene rings is 1. The van der Waals surface area contributed by atoms with Gasteiger partial charge in [0.25, 0.3) is 5.69 Å². The second kappa shape index (κ2) is 6.02. The summed E-state index contributed by atoms with van der Waals surface area (Å²) in [7, 11) is 0. The van der Waals surface area contributed by atoms with Crippen LogP contribution in [0.5, 0.6) is 0 Å². The van der Waals surface area contributed by atoms with Crippen molar-refractivity contribution in [2.24, 2.45) is 0 Å². The molecule has 0 aliphatic carbocycles. The molecule has 0 aliphatic heterocycles. The number of nitrogens with zero attached hydrogens (tertiary/aromatic N) is 3. The van der Waals surface area contributed by atoms with Gasteiger partial charge in [-0.3, -0.25) is 20.2 Å². The van der Waals surface area contributed by atoms with E-state index >= 15 is 0 Å². The first-order valence-electron chi connectivity index (χ1n) is 6.22. The maximum atomic E-state index is 12.8. The van der Waals surface area contributed by atoms with Crippen molar-refractivity contribution in [1.82, 2.24) is 9.97 Å². The van der Waals surface area contributed by atoms with Crippen LogP contribution in [0.2, 0.25) is 0 Å². The van der Waals surface area contributed by atoms with Crippen LogP contribution in [0.15, 0.2) is 11.0 Å². The molecule has 0 atom stereocenters. The summed E-state index contributed by atoms with van der Waals surface area (Å²) in [4.78, 5) is 25.3. The minimum atomic E-state index is -4.85. The van der Waals surface area contributed by atoms with Crippen LogP contribution >= 0.6 is 11.8 Å².